The molecule has 2 aromatic heterocycles. The third-order valence-corrected chi connectivity index (χ3v) is 3.47. The first-order chi connectivity index (χ1) is 10.3. The van der Waals surface area contributed by atoms with Gasteiger partial charge in [0, 0.05) is 39.0 Å². The van der Waals surface area contributed by atoms with E-state index in [-0.39, 0.29) is 11.8 Å². The summed E-state index contributed by atoms with van der Waals surface area (Å²) in [7, 11) is 1.64. The molecule has 3 rings (SSSR count). The fraction of sp³-hybridized carbons (Fsp3) is 0.538. The van der Waals surface area contributed by atoms with Crippen molar-refractivity contribution in [2.75, 3.05) is 26.8 Å². The Morgan fingerprint density at radius 3 is 3.10 bits per heavy atom. The molecule has 8 heteroatoms. The fourth-order valence-electron chi connectivity index (χ4n) is 2.20. The van der Waals surface area contributed by atoms with Gasteiger partial charge in [-0.05, 0) is 0 Å². The molecule has 1 aliphatic rings. The normalized spacial score (nSPS) is 15.2. The van der Waals surface area contributed by atoms with Crippen molar-refractivity contribution >= 4 is 5.91 Å². The van der Waals surface area contributed by atoms with Crippen molar-refractivity contribution in [3.8, 4) is 0 Å². The Morgan fingerprint density at radius 2 is 2.38 bits per heavy atom. The predicted molar refractivity (Wildman–Crippen MR) is 71.4 cm³/mol. The van der Waals surface area contributed by atoms with E-state index in [9.17, 15) is 4.79 Å². The minimum absolute atomic E-state index is 0.0726. The van der Waals surface area contributed by atoms with Gasteiger partial charge < -0.3 is 18.7 Å². The highest BCUT2D eigenvalue weighted by molar-refractivity contribution is 5.77. The molecule has 2 aromatic rings. The molecule has 1 amide bonds. The number of carbonyl (C=O) groups excluding carboxylic acids is 1. The van der Waals surface area contributed by atoms with E-state index in [2.05, 4.69) is 15.1 Å². The predicted octanol–water partition coefficient (Wildman–Crippen LogP) is 0.0810. The molecule has 8 nitrogen and oxygen atoms in total. The van der Waals surface area contributed by atoms with E-state index in [0.29, 0.717) is 44.4 Å². The number of nitrogens with zero attached hydrogens (tertiary/aromatic N) is 5. The van der Waals surface area contributed by atoms with Crippen LogP contribution < -0.4 is 0 Å². The Balaban J connectivity index is 1.48. The van der Waals surface area contributed by atoms with E-state index in [1.807, 2.05) is 0 Å². The molecule has 1 fully saturated rings. The van der Waals surface area contributed by atoms with Crippen molar-refractivity contribution in [2.24, 2.45) is 0 Å². The van der Waals surface area contributed by atoms with Gasteiger partial charge in [0.2, 0.25) is 11.8 Å². The monoisotopic (exact) mass is 291 g/mol. The lowest BCUT2D eigenvalue weighted by Crippen LogP contribution is -2.49. The average molecular weight is 291 g/mol. The minimum Gasteiger partial charge on any atom is -0.384 e. The summed E-state index contributed by atoms with van der Waals surface area (Å²) >= 11 is 0. The van der Waals surface area contributed by atoms with Gasteiger partial charge in [0.25, 0.3) is 0 Å². The smallest absolute Gasteiger partial charge is 0.242 e. The second-order valence-corrected chi connectivity index (χ2v) is 5.02. The Bertz CT molecular complexity index is 589. The first-order valence-corrected chi connectivity index (χ1v) is 6.81. The third-order valence-electron chi connectivity index (χ3n) is 3.47. The highest BCUT2D eigenvalue weighted by Gasteiger charge is 2.35. The molecule has 1 aliphatic heterocycles. The number of carbonyl (C=O) groups is 1. The molecule has 0 saturated carbocycles. The second-order valence-electron chi connectivity index (χ2n) is 5.02. The number of imidazole rings is 1. The number of ether oxygens (including phenoxy) is 1. The largest absolute Gasteiger partial charge is 0.384 e. The Morgan fingerprint density at radius 1 is 1.52 bits per heavy atom. The van der Waals surface area contributed by atoms with E-state index in [4.69, 9.17) is 9.26 Å². The minimum atomic E-state index is 0.0726. The molecule has 0 aromatic carbocycles. The van der Waals surface area contributed by atoms with Crippen LogP contribution in [0.5, 0.6) is 0 Å². The zero-order valence-corrected chi connectivity index (χ0v) is 11.8. The fourth-order valence-corrected chi connectivity index (χ4v) is 2.20. The number of amides is 1. The lowest BCUT2D eigenvalue weighted by atomic mass is 10.00. The SMILES string of the molecule is COCCc1noc(C2CN(C(=O)Cn3ccnc3)C2)n1. The van der Waals surface area contributed by atoms with Crippen LogP contribution >= 0.6 is 0 Å². The van der Waals surface area contributed by atoms with Gasteiger partial charge in [0.1, 0.15) is 6.54 Å². The van der Waals surface area contributed by atoms with Gasteiger partial charge in [-0.2, -0.15) is 4.98 Å². The zero-order chi connectivity index (χ0) is 14.7. The van der Waals surface area contributed by atoms with Crippen molar-refractivity contribution in [3.63, 3.8) is 0 Å². The molecule has 0 bridgehead atoms. The van der Waals surface area contributed by atoms with Gasteiger partial charge in [-0.15, -0.1) is 0 Å². The van der Waals surface area contributed by atoms with Crippen LogP contribution in [0.25, 0.3) is 0 Å². The van der Waals surface area contributed by atoms with Crippen LogP contribution in [-0.2, 0) is 22.5 Å². The van der Waals surface area contributed by atoms with Gasteiger partial charge >= 0.3 is 0 Å². The topological polar surface area (TPSA) is 86.3 Å². The number of aromatic nitrogens is 4. The highest BCUT2D eigenvalue weighted by Crippen LogP contribution is 2.25. The summed E-state index contributed by atoms with van der Waals surface area (Å²) in [5.41, 5.74) is 0. The first-order valence-electron chi connectivity index (χ1n) is 6.81. The van der Waals surface area contributed by atoms with E-state index < -0.39 is 0 Å². The van der Waals surface area contributed by atoms with Crippen LogP contribution in [0.3, 0.4) is 0 Å². The summed E-state index contributed by atoms with van der Waals surface area (Å²) in [6.45, 7) is 2.13. The highest BCUT2D eigenvalue weighted by atomic mass is 16.5. The summed E-state index contributed by atoms with van der Waals surface area (Å²) in [5, 5.41) is 3.91. The summed E-state index contributed by atoms with van der Waals surface area (Å²) in [6, 6.07) is 0. The van der Waals surface area contributed by atoms with Crippen LogP contribution in [0.4, 0.5) is 0 Å². The summed E-state index contributed by atoms with van der Waals surface area (Å²) in [4.78, 5) is 22.0. The molecule has 0 unspecified atom stereocenters. The maximum Gasteiger partial charge on any atom is 0.242 e. The van der Waals surface area contributed by atoms with Crippen molar-refractivity contribution in [3.05, 3.63) is 30.4 Å². The van der Waals surface area contributed by atoms with Crippen LogP contribution in [0, 0.1) is 0 Å². The lowest BCUT2D eigenvalue weighted by Gasteiger charge is -2.37. The van der Waals surface area contributed by atoms with Gasteiger partial charge in [-0.1, -0.05) is 5.16 Å². The number of hydrogen-bond acceptors (Lipinski definition) is 6. The molecule has 3 heterocycles. The summed E-state index contributed by atoms with van der Waals surface area (Å²) < 4.78 is 12.0. The standard InChI is InChI=1S/C13H17N5O3/c1-20-5-2-11-15-13(21-16-11)10-6-18(7-10)12(19)8-17-4-3-14-9-17/h3-4,9-10H,2,5-8H2,1H3. The van der Waals surface area contributed by atoms with Crippen LogP contribution in [0.2, 0.25) is 0 Å². The van der Waals surface area contributed by atoms with Crippen molar-refractivity contribution in [1.82, 2.24) is 24.6 Å². The van der Waals surface area contributed by atoms with Crippen LogP contribution in [0.15, 0.2) is 23.2 Å². The Hall–Kier alpha value is -2.22. The van der Waals surface area contributed by atoms with Gasteiger partial charge in [0.05, 0.1) is 18.9 Å². The maximum atomic E-state index is 12.0. The maximum absolute atomic E-state index is 12.0. The van der Waals surface area contributed by atoms with E-state index in [0.717, 1.165) is 0 Å². The van der Waals surface area contributed by atoms with E-state index in [1.54, 1.807) is 35.3 Å². The molecule has 0 spiro atoms. The van der Waals surface area contributed by atoms with Gasteiger partial charge in [-0.25, -0.2) is 4.98 Å². The summed E-state index contributed by atoms with van der Waals surface area (Å²) in [5.74, 6) is 1.46. The van der Waals surface area contributed by atoms with Crippen molar-refractivity contribution < 1.29 is 14.1 Å². The Kier molecular flexibility index (Phi) is 3.96. The van der Waals surface area contributed by atoms with E-state index in [1.165, 1.54) is 0 Å². The molecule has 0 radical (unpaired) electrons. The number of methoxy groups -OCH3 is 1. The van der Waals surface area contributed by atoms with Gasteiger partial charge in [-0.3, -0.25) is 4.79 Å². The lowest BCUT2D eigenvalue weighted by molar-refractivity contribution is -0.136. The molecular formula is C13H17N5O3. The average Bonchev–Trinajstić information content (AvgIpc) is 3.06. The molecule has 0 aliphatic carbocycles. The molecule has 0 N–H and O–H groups in total. The van der Waals surface area contributed by atoms with Gasteiger partial charge in [0.15, 0.2) is 5.82 Å². The Labute approximate surface area is 121 Å². The number of likely N-dealkylation sites (tertiary alicyclic amines) is 1. The van der Waals surface area contributed by atoms with Crippen molar-refractivity contribution in [1.29, 1.82) is 0 Å². The summed E-state index contributed by atoms with van der Waals surface area (Å²) in [6.07, 6.45) is 5.70. The third kappa shape index (κ3) is 3.10. The molecular weight excluding hydrogens is 274 g/mol. The molecule has 1 saturated heterocycles. The quantitative estimate of drug-likeness (QED) is 0.749. The zero-order valence-electron chi connectivity index (χ0n) is 11.8. The van der Waals surface area contributed by atoms with E-state index >= 15 is 0 Å². The first kappa shape index (κ1) is 13.7. The van der Waals surface area contributed by atoms with Crippen LogP contribution in [-0.4, -0.2) is 57.3 Å². The number of hydrogen-bond donors (Lipinski definition) is 0. The van der Waals surface area contributed by atoms with Crippen molar-refractivity contribution in [2.45, 2.75) is 18.9 Å². The number of rotatable bonds is 6. The van der Waals surface area contributed by atoms with Crippen LogP contribution in [0.1, 0.15) is 17.6 Å². The molecule has 21 heavy (non-hydrogen) atoms. The molecule has 0 atom stereocenters. The molecule has 112 valence electrons. The second kappa shape index (κ2) is 6.04.